The molecule has 8 nitrogen and oxygen atoms in total. The lowest BCUT2D eigenvalue weighted by atomic mass is 9.96. The second-order valence-corrected chi connectivity index (χ2v) is 9.57. The molecule has 1 unspecified atom stereocenters. The number of benzene rings is 2. The summed E-state index contributed by atoms with van der Waals surface area (Å²) in [5, 5.41) is 6.91. The van der Waals surface area contributed by atoms with Crippen LogP contribution in [0.25, 0.3) is 0 Å². The number of H-pyrrole nitrogens is 1. The second-order valence-electron chi connectivity index (χ2n) is 9.57. The van der Waals surface area contributed by atoms with E-state index in [0.29, 0.717) is 43.5 Å². The molecule has 2 fully saturated rings. The predicted octanol–water partition coefficient (Wildman–Crippen LogP) is 4.15. The fourth-order valence-corrected chi connectivity index (χ4v) is 4.83. The molecular weight excluding hydrogens is 480 g/mol. The molecule has 1 atom stereocenters. The van der Waals surface area contributed by atoms with Crippen LogP contribution in [0.5, 0.6) is 11.5 Å². The number of hydrogen-bond donors (Lipinski definition) is 1. The maximum Gasteiger partial charge on any atom is 0.387 e. The van der Waals surface area contributed by atoms with Crippen molar-refractivity contribution in [1.82, 2.24) is 20.1 Å². The van der Waals surface area contributed by atoms with Crippen molar-refractivity contribution in [2.24, 2.45) is 0 Å². The van der Waals surface area contributed by atoms with Gasteiger partial charge in [-0.05, 0) is 50.3 Å². The molecule has 196 valence electrons. The summed E-state index contributed by atoms with van der Waals surface area (Å²) in [4.78, 5) is 21.7. The highest BCUT2D eigenvalue weighted by atomic mass is 19.3. The lowest BCUT2D eigenvalue weighted by molar-refractivity contribution is -0.133. The van der Waals surface area contributed by atoms with Crippen LogP contribution in [0, 0.1) is 6.92 Å². The molecule has 2 aromatic carbocycles. The standard InChI is InChI=1S/C27H31F2N5O3/c1-18-30-25(32-31-18)16-26(35)34-13-12-33(17-21(34)14-19-6-3-2-4-7-19)20-10-11-23(37-27(28)29)24(15-20)36-22-8-5-9-22/h2-4,6-7,10-11,15,21-22,27H,5,8-9,12-14,16-17H2,1H3,(H,30,31,32). The lowest BCUT2D eigenvalue weighted by Crippen LogP contribution is -2.56. The summed E-state index contributed by atoms with van der Waals surface area (Å²) in [7, 11) is 0. The SMILES string of the molecule is Cc1nc(CC(=O)N2CCN(c3ccc(OC(F)F)c(OC4CCC4)c3)CC2Cc2ccccc2)n[nH]1. The number of aromatic amines is 1. The molecule has 1 saturated carbocycles. The van der Waals surface area contributed by atoms with E-state index in [1.807, 2.05) is 23.1 Å². The maximum atomic E-state index is 13.3. The van der Waals surface area contributed by atoms with Crippen molar-refractivity contribution in [2.75, 3.05) is 24.5 Å². The predicted molar refractivity (Wildman–Crippen MR) is 134 cm³/mol. The third-order valence-corrected chi connectivity index (χ3v) is 6.92. The molecule has 1 aromatic heterocycles. The third kappa shape index (κ3) is 6.18. The van der Waals surface area contributed by atoms with Crippen LogP contribution < -0.4 is 14.4 Å². The monoisotopic (exact) mass is 511 g/mol. The average molecular weight is 512 g/mol. The molecule has 1 amide bonds. The van der Waals surface area contributed by atoms with Gasteiger partial charge in [-0.1, -0.05) is 30.3 Å². The van der Waals surface area contributed by atoms with Gasteiger partial charge in [0.25, 0.3) is 0 Å². The number of alkyl halides is 2. The molecule has 2 aliphatic rings. The Morgan fingerprint density at radius 2 is 1.95 bits per heavy atom. The van der Waals surface area contributed by atoms with Gasteiger partial charge in [0.15, 0.2) is 17.3 Å². The fourth-order valence-electron chi connectivity index (χ4n) is 4.83. The Balaban J connectivity index is 1.36. The fraction of sp³-hybridized carbons (Fsp3) is 0.444. The van der Waals surface area contributed by atoms with E-state index < -0.39 is 6.61 Å². The molecular formula is C27H31F2N5O3. The van der Waals surface area contributed by atoms with E-state index in [-0.39, 0.29) is 30.2 Å². The van der Waals surface area contributed by atoms with E-state index in [1.54, 1.807) is 25.1 Å². The van der Waals surface area contributed by atoms with Gasteiger partial charge in [0.1, 0.15) is 5.82 Å². The first-order valence-electron chi connectivity index (χ1n) is 12.7. The molecule has 37 heavy (non-hydrogen) atoms. The number of nitrogens with zero attached hydrogens (tertiary/aromatic N) is 4. The molecule has 1 N–H and O–H groups in total. The van der Waals surface area contributed by atoms with Crippen LogP contribution in [-0.4, -0.2) is 64.4 Å². The topological polar surface area (TPSA) is 83.6 Å². The zero-order chi connectivity index (χ0) is 25.8. The number of carbonyl (C=O) groups excluding carboxylic acids is 1. The molecule has 0 radical (unpaired) electrons. The lowest BCUT2D eigenvalue weighted by Gasteiger charge is -2.43. The summed E-state index contributed by atoms with van der Waals surface area (Å²) in [5.74, 6) is 1.51. The number of amides is 1. The highest BCUT2D eigenvalue weighted by molar-refractivity contribution is 5.78. The van der Waals surface area contributed by atoms with Crippen molar-refractivity contribution in [3.05, 3.63) is 65.7 Å². The van der Waals surface area contributed by atoms with E-state index in [0.717, 1.165) is 30.5 Å². The van der Waals surface area contributed by atoms with Crippen LogP contribution >= 0.6 is 0 Å². The molecule has 0 bridgehead atoms. The number of hydrogen-bond acceptors (Lipinski definition) is 6. The number of aryl methyl sites for hydroxylation is 1. The van der Waals surface area contributed by atoms with Crippen LogP contribution in [-0.2, 0) is 17.6 Å². The first kappa shape index (κ1) is 25.0. The average Bonchev–Trinajstić information content (AvgIpc) is 3.26. The summed E-state index contributed by atoms with van der Waals surface area (Å²) >= 11 is 0. The van der Waals surface area contributed by atoms with Crippen molar-refractivity contribution >= 4 is 11.6 Å². The zero-order valence-electron chi connectivity index (χ0n) is 20.8. The Morgan fingerprint density at radius 3 is 2.62 bits per heavy atom. The Bertz CT molecular complexity index is 1200. The molecule has 5 rings (SSSR count). The first-order valence-corrected chi connectivity index (χ1v) is 12.7. The molecule has 0 spiro atoms. The number of aromatic nitrogens is 3. The van der Waals surface area contributed by atoms with E-state index in [9.17, 15) is 13.6 Å². The van der Waals surface area contributed by atoms with Gasteiger partial charge in [-0.3, -0.25) is 9.89 Å². The van der Waals surface area contributed by atoms with Gasteiger partial charge in [-0.25, -0.2) is 4.98 Å². The van der Waals surface area contributed by atoms with Crippen molar-refractivity contribution in [3.63, 3.8) is 0 Å². The van der Waals surface area contributed by atoms with Gasteiger partial charge >= 0.3 is 6.61 Å². The molecule has 10 heteroatoms. The number of ether oxygens (including phenoxy) is 2. The number of nitrogens with one attached hydrogen (secondary N) is 1. The van der Waals surface area contributed by atoms with Crippen LogP contribution in [0.4, 0.5) is 14.5 Å². The van der Waals surface area contributed by atoms with Crippen molar-refractivity contribution < 1.29 is 23.0 Å². The minimum absolute atomic E-state index is 0.0192. The van der Waals surface area contributed by atoms with E-state index in [4.69, 9.17) is 9.47 Å². The summed E-state index contributed by atoms with van der Waals surface area (Å²) in [6.07, 6.45) is 3.73. The van der Waals surface area contributed by atoms with Crippen LogP contribution in [0.3, 0.4) is 0 Å². The minimum atomic E-state index is -2.92. The Kier molecular flexibility index (Phi) is 7.52. The number of rotatable bonds is 9. The number of piperazine rings is 1. The number of halogens is 2. The largest absolute Gasteiger partial charge is 0.486 e. The minimum Gasteiger partial charge on any atom is -0.486 e. The second kappa shape index (κ2) is 11.1. The van der Waals surface area contributed by atoms with E-state index in [2.05, 4.69) is 32.2 Å². The summed E-state index contributed by atoms with van der Waals surface area (Å²) in [6, 6.07) is 15.1. The highest BCUT2D eigenvalue weighted by Gasteiger charge is 2.32. The van der Waals surface area contributed by atoms with Gasteiger partial charge in [0.05, 0.1) is 18.6 Å². The van der Waals surface area contributed by atoms with Gasteiger partial charge in [-0.15, -0.1) is 0 Å². The van der Waals surface area contributed by atoms with E-state index >= 15 is 0 Å². The summed E-state index contributed by atoms with van der Waals surface area (Å²) in [5.41, 5.74) is 1.99. The van der Waals surface area contributed by atoms with Gasteiger partial charge < -0.3 is 19.3 Å². The maximum absolute atomic E-state index is 13.3. The first-order chi connectivity index (χ1) is 17.9. The third-order valence-electron chi connectivity index (χ3n) is 6.92. The van der Waals surface area contributed by atoms with Crippen molar-refractivity contribution in [1.29, 1.82) is 0 Å². The molecule has 3 aromatic rings. The van der Waals surface area contributed by atoms with Crippen molar-refractivity contribution in [3.8, 4) is 11.5 Å². The molecule has 1 aliphatic heterocycles. The Morgan fingerprint density at radius 1 is 1.14 bits per heavy atom. The zero-order valence-corrected chi connectivity index (χ0v) is 20.8. The summed E-state index contributed by atoms with van der Waals surface area (Å²) < 4.78 is 36.7. The Labute approximate surface area is 214 Å². The smallest absolute Gasteiger partial charge is 0.387 e. The Hall–Kier alpha value is -3.69. The molecule has 2 heterocycles. The molecule has 1 aliphatic carbocycles. The van der Waals surface area contributed by atoms with Crippen LogP contribution in [0.1, 0.15) is 36.5 Å². The van der Waals surface area contributed by atoms with E-state index in [1.165, 1.54) is 0 Å². The van der Waals surface area contributed by atoms with Crippen LogP contribution in [0.2, 0.25) is 0 Å². The summed E-state index contributed by atoms with van der Waals surface area (Å²) in [6.45, 7) is 0.590. The number of anilines is 1. The number of carbonyl (C=O) groups is 1. The van der Waals surface area contributed by atoms with Crippen molar-refractivity contribution in [2.45, 2.75) is 57.8 Å². The highest BCUT2D eigenvalue weighted by Crippen LogP contribution is 2.37. The van der Waals surface area contributed by atoms with Crippen LogP contribution in [0.15, 0.2) is 48.5 Å². The normalized spacial score (nSPS) is 18.1. The quantitative estimate of drug-likeness (QED) is 0.465. The van der Waals surface area contributed by atoms with Gasteiger partial charge in [-0.2, -0.15) is 13.9 Å². The molecule has 1 saturated heterocycles. The van der Waals surface area contributed by atoms with Gasteiger partial charge in [0.2, 0.25) is 5.91 Å². The van der Waals surface area contributed by atoms with Gasteiger partial charge in [0, 0.05) is 31.4 Å².